The van der Waals surface area contributed by atoms with Crippen LogP contribution in [0.4, 0.5) is 0 Å². The third-order valence-electron chi connectivity index (χ3n) is 6.36. The number of Topliss-reactive ketones (excluding diaryl/α,β-unsaturated/α-hetero) is 1. The van der Waals surface area contributed by atoms with E-state index in [0.29, 0.717) is 43.7 Å². The summed E-state index contributed by atoms with van der Waals surface area (Å²) >= 11 is 0. The van der Waals surface area contributed by atoms with Gasteiger partial charge in [-0.3, -0.25) is 19.2 Å². The molecule has 0 bridgehead atoms. The summed E-state index contributed by atoms with van der Waals surface area (Å²) in [5.41, 5.74) is 0.384. The topological polar surface area (TPSA) is 99.3 Å². The lowest BCUT2D eigenvalue weighted by atomic mass is 9.75. The van der Waals surface area contributed by atoms with Crippen LogP contribution in [0.1, 0.15) is 92.1 Å². The number of carbonyl (C=O) groups excluding carboxylic acids is 3. The van der Waals surface area contributed by atoms with Gasteiger partial charge in [-0.15, -0.1) is 0 Å². The Bertz CT molecular complexity index is 903. The summed E-state index contributed by atoms with van der Waals surface area (Å²) in [5.74, 6) is -0.730. The first-order chi connectivity index (χ1) is 14.7. The van der Waals surface area contributed by atoms with Gasteiger partial charge in [-0.25, -0.2) is 0 Å². The number of hydrogen-bond donors (Lipinski definition) is 2. The minimum Gasteiger partial charge on any atom is -0.356 e. The van der Waals surface area contributed by atoms with Crippen LogP contribution in [0.3, 0.4) is 0 Å². The van der Waals surface area contributed by atoms with Gasteiger partial charge >= 0.3 is 0 Å². The molecule has 2 aliphatic rings. The first kappa shape index (κ1) is 23.2. The molecule has 2 heterocycles. The van der Waals surface area contributed by atoms with Gasteiger partial charge in [-0.2, -0.15) is 0 Å². The minimum atomic E-state index is -0.461. The fourth-order valence-electron chi connectivity index (χ4n) is 4.64. The van der Waals surface area contributed by atoms with E-state index in [1.165, 1.54) is 6.07 Å². The molecular formula is C24H35N3O4. The maximum absolute atomic E-state index is 13.1. The predicted octanol–water partition coefficient (Wildman–Crippen LogP) is 3.08. The third-order valence-corrected chi connectivity index (χ3v) is 6.36. The average molecular weight is 430 g/mol. The van der Waals surface area contributed by atoms with Gasteiger partial charge in [0.05, 0.1) is 5.92 Å². The number of rotatable bonds is 7. The van der Waals surface area contributed by atoms with Crippen LogP contribution < -0.4 is 10.9 Å². The van der Waals surface area contributed by atoms with E-state index >= 15 is 0 Å². The zero-order valence-corrected chi connectivity index (χ0v) is 19.0. The Kier molecular flexibility index (Phi) is 7.34. The fourth-order valence-corrected chi connectivity index (χ4v) is 4.64. The number of likely N-dealkylation sites (tertiary alicyclic amines) is 1. The van der Waals surface area contributed by atoms with Gasteiger partial charge in [0.25, 0.3) is 11.5 Å². The number of nitrogens with one attached hydrogen (secondary N) is 2. The molecule has 2 N–H and O–H groups in total. The Balaban J connectivity index is 1.67. The molecular weight excluding hydrogens is 394 g/mol. The van der Waals surface area contributed by atoms with Crippen molar-refractivity contribution in [3.8, 4) is 0 Å². The number of aromatic amines is 1. The summed E-state index contributed by atoms with van der Waals surface area (Å²) in [5, 5.41) is 2.99. The Labute approximate surface area is 184 Å². The highest BCUT2D eigenvalue weighted by Gasteiger charge is 2.34. The normalized spacial score (nSPS) is 20.3. The number of nitrogens with zero attached hydrogens (tertiary/aromatic N) is 1. The second-order valence-corrected chi connectivity index (χ2v) is 9.79. The molecule has 170 valence electrons. The number of amides is 2. The van der Waals surface area contributed by atoms with Gasteiger partial charge in [0.1, 0.15) is 5.56 Å². The largest absolute Gasteiger partial charge is 0.356 e. The lowest BCUT2D eigenvalue weighted by Crippen LogP contribution is -2.46. The summed E-state index contributed by atoms with van der Waals surface area (Å²) in [4.78, 5) is 55.2. The van der Waals surface area contributed by atoms with Crippen LogP contribution in [0.25, 0.3) is 0 Å². The highest BCUT2D eigenvalue weighted by atomic mass is 16.2. The Hall–Kier alpha value is -2.44. The molecule has 1 aliphatic heterocycles. The maximum Gasteiger partial charge on any atom is 0.261 e. The molecule has 1 aromatic heterocycles. The van der Waals surface area contributed by atoms with Crippen LogP contribution in [0.2, 0.25) is 0 Å². The van der Waals surface area contributed by atoms with E-state index in [-0.39, 0.29) is 28.6 Å². The number of H-pyrrole nitrogens is 1. The molecule has 1 aliphatic carbocycles. The van der Waals surface area contributed by atoms with Crippen molar-refractivity contribution in [1.29, 1.82) is 0 Å². The molecule has 1 saturated heterocycles. The molecule has 0 aromatic carbocycles. The third kappa shape index (κ3) is 5.63. The molecule has 1 unspecified atom stereocenters. The highest BCUT2D eigenvalue weighted by molar-refractivity contribution is 6.02. The summed E-state index contributed by atoms with van der Waals surface area (Å²) < 4.78 is 0. The van der Waals surface area contributed by atoms with Gasteiger partial charge in [0.2, 0.25) is 5.91 Å². The number of aromatic nitrogens is 1. The summed E-state index contributed by atoms with van der Waals surface area (Å²) in [6.07, 6.45) is 6.82. The van der Waals surface area contributed by atoms with Crippen molar-refractivity contribution in [3.05, 3.63) is 33.2 Å². The molecule has 3 rings (SSSR count). The Morgan fingerprint density at radius 1 is 1.19 bits per heavy atom. The molecule has 2 amide bonds. The molecule has 0 radical (unpaired) electrons. The van der Waals surface area contributed by atoms with Crippen LogP contribution in [-0.2, 0) is 11.2 Å². The SMILES string of the molecule is CCCCCCNC(=O)C1CCCN(C(=O)c2cc3c([nH]c2=O)CC(C)(C)CC3=O)C1. The van der Waals surface area contributed by atoms with E-state index in [0.717, 1.165) is 38.5 Å². The van der Waals surface area contributed by atoms with Gasteiger partial charge in [0, 0.05) is 37.3 Å². The monoisotopic (exact) mass is 429 g/mol. The van der Waals surface area contributed by atoms with Crippen LogP contribution in [0.15, 0.2) is 10.9 Å². The van der Waals surface area contributed by atoms with Crippen molar-refractivity contribution in [2.24, 2.45) is 11.3 Å². The van der Waals surface area contributed by atoms with Crippen LogP contribution in [0.5, 0.6) is 0 Å². The number of unbranched alkanes of at least 4 members (excludes halogenated alkanes) is 3. The smallest absolute Gasteiger partial charge is 0.261 e. The standard InChI is InChI=1S/C24H35N3O4/c1-4-5-6-7-10-25-21(29)16-9-8-11-27(15-16)23(31)18-12-17-19(26-22(18)30)13-24(2,3)14-20(17)28/h12,16H,4-11,13-15H2,1-3H3,(H,25,29)(H,26,30). The van der Waals surface area contributed by atoms with Gasteiger partial charge in [0.15, 0.2) is 5.78 Å². The first-order valence-electron chi connectivity index (χ1n) is 11.6. The predicted molar refractivity (Wildman–Crippen MR) is 119 cm³/mol. The summed E-state index contributed by atoms with van der Waals surface area (Å²) in [6, 6.07) is 1.46. The van der Waals surface area contributed by atoms with E-state index in [4.69, 9.17) is 0 Å². The molecule has 1 atom stereocenters. The number of fused-ring (bicyclic) bond motifs is 1. The zero-order valence-electron chi connectivity index (χ0n) is 19.0. The van der Waals surface area contributed by atoms with E-state index in [2.05, 4.69) is 17.2 Å². The Morgan fingerprint density at radius 3 is 2.71 bits per heavy atom. The minimum absolute atomic E-state index is 0.00701. The Morgan fingerprint density at radius 2 is 1.97 bits per heavy atom. The van der Waals surface area contributed by atoms with E-state index < -0.39 is 11.5 Å². The van der Waals surface area contributed by atoms with Crippen molar-refractivity contribution in [1.82, 2.24) is 15.2 Å². The average Bonchev–Trinajstić information content (AvgIpc) is 2.72. The molecule has 7 heteroatoms. The second-order valence-electron chi connectivity index (χ2n) is 9.79. The van der Waals surface area contributed by atoms with Gasteiger partial charge in [-0.1, -0.05) is 40.0 Å². The second kappa shape index (κ2) is 9.79. The van der Waals surface area contributed by atoms with Crippen LogP contribution >= 0.6 is 0 Å². The van der Waals surface area contributed by atoms with Crippen molar-refractivity contribution < 1.29 is 14.4 Å². The number of ketones is 1. The van der Waals surface area contributed by atoms with E-state index in [9.17, 15) is 19.2 Å². The molecule has 0 saturated carbocycles. The van der Waals surface area contributed by atoms with Crippen LogP contribution in [-0.4, -0.2) is 47.1 Å². The molecule has 0 spiro atoms. The quantitative estimate of drug-likeness (QED) is 0.651. The van der Waals surface area contributed by atoms with E-state index in [1.54, 1.807) is 4.90 Å². The van der Waals surface area contributed by atoms with Gasteiger partial charge in [-0.05, 0) is 37.2 Å². The molecule has 7 nitrogen and oxygen atoms in total. The zero-order chi connectivity index (χ0) is 22.6. The van der Waals surface area contributed by atoms with Crippen molar-refractivity contribution >= 4 is 17.6 Å². The number of carbonyl (C=O) groups is 3. The highest BCUT2D eigenvalue weighted by Crippen LogP contribution is 2.33. The van der Waals surface area contributed by atoms with Crippen molar-refractivity contribution in [2.45, 2.75) is 72.1 Å². The molecule has 31 heavy (non-hydrogen) atoms. The molecule has 1 aromatic rings. The number of hydrogen-bond acceptors (Lipinski definition) is 4. The summed E-state index contributed by atoms with van der Waals surface area (Å²) in [7, 11) is 0. The fraction of sp³-hybridized carbons (Fsp3) is 0.667. The van der Waals surface area contributed by atoms with Crippen molar-refractivity contribution in [3.63, 3.8) is 0 Å². The molecule has 1 fully saturated rings. The van der Waals surface area contributed by atoms with Crippen LogP contribution in [0, 0.1) is 11.3 Å². The number of pyridine rings is 1. The van der Waals surface area contributed by atoms with E-state index in [1.807, 2.05) is 13.8 Å². The lowest BCUT2D eigenvalue weighted by Gasteiger charge is -2.33. The number of piperidine rings is 1. The first-order valence-corrected chi connectivity index (χ1v) is 11.6. The lowest BCUT2D eigenvalue weighted by molar-refractivity contribution is -0.126. The van der Waals surface area contributed by atoms with Gasteiger partial charge < -0.3 is 15.2 Å². The maximum atomic E-state index is 13.1. The van der Waals surface area contributed by atoms with Crippen molar-refractivity contribution in [2.75, 3.05) is 19.6 Å². The summed E-state index contributed by atoms with van der Waals surface area (Å²) in [6.45, 7) is 7.61.